The summed E-state index contributed by atoms with van der Waals surface area (Å²) in [4.78, 5) is 46.0. The molecule has 0 saturated carbocycles. The minimum atomic E-state index is -0.617. The number of cyclic esters (lactones) is 1. The number of aromatic nitrogens is 1. The van der Waals surface area contributed by atoms with Crippen molar-refractivity contribution in [2.45, 2.75) is 57.2 Å². The Balaban J connectivity index is 1.24. The third-order valence-corrected chi connectivity index (χ3v) is 9.26. The zero-order valence-electron chi connectivity index (χ0n) is 25.9. The third-order valence-electron chi connectivity index (χ3n) is 9.26. The number of fused-ring (bicyclic) bond motifs is 2. The van der Waals surface area contributed by atoms with Gasteiger partial charge in [0.25, 0.3) is 0 Å². The van der Waals surface area contributed by atoms with Crippen LogP contribution >= 0.6 is 0 Å². The first-order valence-corrected chi connectivity index (χ1v) is 16.2. The largest absolute Gasteiger partial charge is 0.463 e. The van der Waals surface area contributed by atoms with Crippen LogP contribution in [0.25, 0.3) is 10.9 Å². The molecule has 3 heterocycles. The minimum Gasteiger partial charge on any atom is -0.463 e. The van der Waals surface area contributed by atoms with Gasteiger partial charge in [0, 0.05) is 30.1 Å². The van der Waals surface area contributed by atoms with E-state index in [2.05, 4.69) is 10.3 Å². The van der Waals surface area contributed by atoms with Crippen LogP contribution in [0.2, 0.25) is 0 Å². The summed E-state index contributed by atoms with van der Waals surface area (Å²) < 4.78 is 5.89. The van der Waals surface area contributed by atoms with Crippen LogP contribution in [-0.4, -0.2) is 58.1 Å². The Hall–Kier alpha value is -4.69. The zero-order valence-corrected chi connectivity index (χ0v) is 25.9. The van der Waals surface area contributed by atoms with Gasteiger partial charge in [0.15, 0.2) is 0 Å². The predicted octanol–water partition coefficient (Wildman–Crippen LogP) is 4.90. The molecule has 0 aliphatic carbocycles. The minimum absolute atomic E-state index is 0.0158. The van der Waals surface area contributed by atoms with Crippen LogP contribution in [-0.2, 0) is 44.9 Å². The quantitative estimate of drug-likeness (QED) is 0.201. The summed E-state index contributed by atoms with van der Waals surface area (Å²) in [5, 5.41) is 14.3. The molecule has 238 valence electrons. The van der Waals surface area contributed by atoms with Gasteiger partial charge < -0.3 is 25.0 Å². The molecule has 8 nitrogen and oxygen atoms in total. The van der Waals surface area contributed by atoms with E-state index in [0.717, 1.165) is 33.2 Å². The third kappa shape index (κ3) is 7.40. The number of aromatic amines is 1. The number of allylic oxidation sites excluding steroid dienone is 2. The number of esters is 1. The van der Waals surface area contributed by atoms with Gasteiger partial charge in [-0.2, -0.15) is 0 Å². The highest BCUT2D eigenvalue weighted by Gasteiger charge is 2.33. The van der Waals surface area contributed by atoms with Gasteiger partial charge in [0.05, 0.1) is 30.5 Å². The summed E-state index contributed by atoms with van der Waals surface area (Å²) in [5.41, 5.74) is 5.26. The predicted molar refractivity (Wildman–Crippen MR) is 177 cm³/mol. The number of para-hydroxylation sites is 1. The molecule has 4 atom stereocenters. The molecule has 0 unspecified atom stereocenters. The highest BCUT2D eigenvalue weighted by atomic mass is 16.5. The van der Waals surface area contributed by atoms with Crippen molar-refractivity contribution in [2.75, 3.05) is 13.2 Å². The molecule has 0 fully saturated rings. The maximum absolute atomic E-state index is 13.9. The number of rotatable bonds is 7. The lowest BCUT2D eigenvalue weighted by Gasteiger charge is -2.36. The molecule has 3 aromatic carbocycles. The van der Waals surface area contributed by atoms with E-state index in [1.54, 1.807) is 4.90 Å². The number of ether oxygens (including phenoxy) is 1. The molecule has 0 saturated heterocycles. The van der Waals surface area contributed by atoms with Gasteiger partial charge in [0.1, 0.15) is 6.61 Å². The number of aliphatic hydroxyl groups excluding tert-OH is 1. The summed E-state index contributed by atoms with van der Waals surface area (Å²) >= 11 is 0. The fourth-order valence-electron chi connectivity index (χ4n) is 6.67. The average Bonchev–Trinajstić information content (AvgIpc) is 3.49. The standard InChI is InChI=1S/C38H41N3O5/c42-24-33-20-27-12-4-7-15-30(27)23-41(33)36(43)21-28-13-5-6-14-29(18-26-10-2-1-3-11-26)38(45)46-25-32(40-37(28)44)19-31-22-39-35-17-9-8-16-34(31)35/h1-12,15-17,22,28-29,32-33,39,42H,13-14,18-21,23-25H2,(H,40,44)/t28-,29+,32+,33+/m1/s1. The molecule has 0 spiro atoms. The van der Waals surface area contributed by atoms with E-state index in [4.69, 9.17) is 4.74 Å². The second kappa shape index (κ2) is 14.6. The highest BCUT2D eigenvalue weighted by Crippen LogP contribution is 2.26. The molecule has 6 rings (SSSR count). The number of H-pyrrole nitrogens is 1. The van der Waals surface area contributed by atoms with Crippen molar-refractivity contribution in [3.8, 4) is 0 Å². The Morgan fingerprint density at radius 2 is 1.59 bits per heavy atom. The molecular formula is C38H41N3O5. The number of benzene rings is 3. The van der Waals surface area contributed by atoms with E-state index >= 15 is 0 Å². The smallest absolute Gasteiger partial charge is 0.309 e. The average molecular weight is 620 g/mol. The van der Waals surface area contributed by atoms with Crippen molar-refractivity contribution < 1.29 is 24.2 Å². The Kier molecular flexibility index (Phi) is 9.94. The summed E-state index contributed by atoms with van der Waals surface area (Å²) in [6.07, 6.45) is 8.20. The summed E-state index contributed by atoms with van der Waals surface area (Å²) in [6, 6.07) is 25.0. The van der Waals surface area contributed by atoms with E-state index in [9.17, 15) is 19.5 Å². The number of carbonyl (C=O) groups excluding carboxylic acids is 3. The molecule has 3 N–H and O–H groups in total. The lowest BCUT2D eigenvalue weighted by Crippen LogP contribution is -2.48. The Morgan fingerprint density at radius 3 is 2.39 bits per heavy atom. The second-order valence-corrected chi connectivity index (χ2v) is 12.5. The summed E-state index contributed by atoms with van der Waals surface area (Å²) in [7, 11) is 0. The molecule has 2 aliphatic heterocycles. The topological polar surface area (TPSA) is 112 Å². The van der Waals surface area contributed by atoms with Gasteiger partial charge in [-0.15, -0.1) is 0 Å². The first-order valence-electron chi connectivity index (χ1n) is 16.2. The van der Waals surface area contributed by atoms with Gasteiger partial charge in [-0.05, 0) is 60.4 Å². The Labute approximate surface area is 269 Å². The van der Waals surface area contributed by atoms with Gasteiger partial charge in [-0.1, -0.05) is 84.9 Å². The fourth-order valence-corrected chi connectivity index (χ4v) is 6.67. The molecule has 8 heteroatoms. The number of hydrogen-bond acceptors (Lipinski definition) is 5. The SMILES string of the molecule is O=C1N[C@@H](Cc2c[nH]c3ccccc23)COC(=O)[C@H](Cc2ccccc2)CC=CC[C@@H]1CC(=O)N1Cc2ccccc2C[C@H]1CO. The lowest BCUT2D eigenvalue weighted by atomic mass is 9.91. The van der Waals surface area contributed by atoms with E-state index in [-0.39, 0.29) is 49.4 Å². The second-order valence-electron chi connectivity index (χ2n) is 12.5. The van der Waals surface area contributed by atoms with Crippen LogP contribution in [0.5, 0.6) is 0 Å². The van der Waals surface area contributed by atoms with Gasteiger partial charge >= 0.3 is 5.97 Å². The maximum Gasteiger partial charge on any atom is 0.309 e. The van der Waals surface area contributed by atoms with Crippen LogP contribution in [0, 0.1) is 11.8 Å². The van der Waals surface area contributed by atoms with Crippen molar-refractivity contribution in [1.82, 2.24) is 15.2 Å². The van der Waals surface area contributed by atoms with Gasteiger partial charge in [0.2, 0.25) is 11.8 Å². The number of hydrogen-bond donors (Lipinski definition) is 3. The van der Waals surface area contributed by atoms with Gasteiger partial charge in [-0.25, -0.2) is 0 Å². The van der Waals surface area contributed by atoms with Crippen LogP contribution in [0.4, 0.5) is 0 Å². The fraction of sp³-hybridized carbons (Fsp3) is 0.342. The number of aliphatic hydroxyl groups is 1. The van der Waals surface area contributed by atoms with E-state index in [0.29, 0.717) is 38.6 Å². The van der Waals surface area contributed by atoms with Gasteiger partial charge in [-0.3, -0.25) is 14.4 Å². The number of carbonyl (C=O) groups is 3. The van der Waals surface area contributed by atoms with Crippen LogP contribution in [0.1, 0.15) is 41.5 Å². The Bertz CT molecular complexity index is 1700. The molecule has 0 bridgehead atoms. The van der Waals surface area contributed by atoms with Crippen molar-refractivity contribution in [1.29, 1.82) is 0 Å². The van der Waals surface area contributed by atoms with E-state index < -0.39 is 12.0 Å². The summed E-state index contributed by atoms with van der Waals surface area (Å²) in [5.74, 6) is -1.69. The van der Waals surface area contributed by atoms with Crippen molar-refractivity contribution in [2.24, 2.45) is 11.8 Å². The van der Waals surface area contributed by atoms with Crippen LogP contribution in [0.3, 0.4) is 0 Å². The molecule has 1 aromatic heterocycles. The first kappa shape index (κ1) is 31.3. The van der Waals surface area contributed by atoms with E-state index in [1.165, 1.54) is 0 Å². The molecule has 0 radical (unpaired) electrons. The Morgan fingerprint density at radius 1 is 0.870 bits per heavy atom. The number of nitrogens with one attached hydrogen (secondary N) is 2. The van der Waals surface area contributed by atoms with E-state index in [1.807, 2.05) is 97.2 Å². The van der Waals surface area contributed by atoms with Crippen molar-refractivity contribution >= 4 is 28.7 Å². The first-order chi connectivity index (χ1) is 22.5. The molecule has 46 heavy (non-hydrogen) atoms. The number of nitrogens with zero attached hydrogens (tertiary/aromatic N) is 1. The zero-order chi connectivity index (χ0) is 31.9. The monoisotopic (exact) mass is 619 g/mol. The highest BCUT2D eigenvalue weighted by molar-refractivity contribution is 5.87. The molecular weight excluding hydrogens is 578 g/mol. The lowest BCUT2D eigenvalue weighted by molar-refractivity contribution is -0.150. The summed E-state index contributed by atoms with van der Waals surface area (Å²) in [6.45, 7) is 0.289. The maximum atomic E-state index is 13.9. The number of amides is 2. The molecule has 2 aliphatic rings. The normalized spacial score (nSPS) is 22.3. The van der Waals surface area contributed by atoms with Crippen LogP contribution in [0.15, 0.2) is 97.2 Å². The molecule has 4 aromatic rings. The van der Waals surface area contributed by atoms with Crippen molar-refractivity contribution in [3.05, 3.63) is 119 Å². The molecule has 2 amide bonds. The van der Waals surface area contributed by atoms with Crippen molar-refractivity contribution in [3.63, 3.8) is 0 Å². The van der Waals surface area contributed by atoms with Crippen LogP contribution < -0.4 is 5.32 Å².